The Labute approximate surface area is 145 Å². The van der Waals surface area contributed by atoms with Gasteiger partial charge in [0.25, 0.3) is 0 Å². The van der Waals surface area contributed by atoms with Gasteiger partial charge in [-0.3, -0.25) is 9.78 Å². The molecule has 25 heavy (non-hydrogen) atoms. The lowest BCUT2D eigenvalue weighted by Gasteiger charge is -2.08. The summed E-state index contributed by atoms with van der Waals surface area (Å²) in [5.74, 6) is 0.0182. The summed E-state index contributed by atoms with van der Waals surface area (Å²) >= 11 is 0. The summed E-state index contributed by atoms with van der Waals surface area (Å²) in [6.45, 7) is 0.611. The number of carbonyl (C=O) groups is 1. The van der Waals surface area contributed by atoms with E-state index in [1.165, 1.54) is 6.07 Å². The zero-order chi connectivity index (χ0) is 17.5. The van der Waals surface area contributed by atoms with Crippen molar-refractivity contribution >= 4 is 17.4 Å². The molecule has 3 aromatic rings. The lowest BCUT2D eigenvalue weighted by molar-refractivity contribution is -0.115. The van der Waals surface area contributed by atoms with Crippen LogP contribution in [0.4, 0.5) is 15.9 Å². The Balaban J connectivity index is 1.53. The fourth-order valence-electron chi connectivity index (χ4n) is 2.29. The Kier molecular flexibility index (Phi) is 5.31. The molecule has 0 aliphatic rings. The van der Waals surface area contributed by atoms with Gasteiger partial charge in [0.15, 0.2) is 0 Å². The van der Waals surface area contributed by atoms with Crippen LogP contribution in [0, 0.1) is 5.82 Å². The van der Waals surface area contributed by atoms with E-state index in [4.69, 9.17) is 0 Å². The first kappa shape index (κ1) is 16.6. The van der Waals surface area contributed by atoms with Gasteiger partial charge >= 0.3 is 0 Å². The summed E-state index contributed by atoms with van der Waals surface area (Å²) < 4.78 is 13.6. The molecule has 0 fully saturated rings. The van der Waals surface area contributed by atoms with Crippen molar-refractivity contribution in [1.82, 2.24) is 9.97 Å². The van der Waals surface area contributed by atoms with Crippen LogP contribution in [0.15, 0.2) is 67.1 Å². The Hall–Kier alpha value is -3.28. The molecule has 1 aromatic carbocycles. The van der Waals surface area contributed by atoms with E-state index in [1.54, 1.807) is 48.9 Å². The number of anilines is 2. The van der Waals surface area contributed by atoms with Crippen molar-refractivity contribution in [2.45, 2.75) is 13.0 Å². The largest absolute Gasteiger partial charge is 0.366 e. The van der Waals surface area contributed by atoms with Crippen LogP contribution in [-0.4, -0.2) is 15.9 Å². The number of pyridine rings is 2. The number of rotatable bonds is 6. The average molecular weight is 336 g/mol. The Morgan fingerprint density at radius 3 is 2.64 bits per heavy atom. The minimum Gasteiger partial charge on any atom is -0.366 e. The van der Waals surface area contributed by atoms with Gasteiger partial charge in [-0.2, -0.15) is 0 Å². The second kappa shape index (κ2) is 8.01. The maximum atomic E-state index is 13.6. The molecule has 0 bridgehead atoms. The van der Waals surface area contributed by atoms with E-state index in [0.717, 1.165) is 5.56 Å². The van der Waals surface area contributed by atoms with Crippen LogP contribution >= 0.6 is 0 Å². The summed E-state index contributed by atoms with van der Waals surface area (Å²) in [7, 11) is 0. The summed E-state index contributed by atoms with van der Waals surface area (Å²) in [6, 6.07) is 13.6. The highest BCUT2D eigenvalue weighted by atomic mass is 19.1. The van der Waals surface area contributed by atoms with Gasteiger partial charge in [0.05, 0.1) is 18.3 Å². The summed E-state index contributed by atoms with van der Waals surface area (Å²) in [6.07, 6.45) is 5.04. The van der Waals surface area contributed by atoms with Crippen molar-refractivity contribution in [3.8, 4) is 0 Å². The standard InChI is InChI=1S/C19H17FN4O/c20-17-6-2-1-5-15(17)10-19(25)24-16-7-8-18(23-13-16)22-12-14-4-3-9-21-11-14/h1-9,11,13H,10,12H2,(H,22,23)(H,24,25). The smallest absolute Gasteiger partial charge is 0.228 e. The Bertz CT molecular complexity index is 838. The van der Waals surface area contributed by atoms with E-state index in [1.807, 2.05) is 12.1 Å². The maximum Gasteiger partial charge on any atom is 0.228 e. The molecule has 5 nitrogen and oxygen atoms in total. The maximum absolute atomic E-state index is 13.6. The third-order valence-corrected chi connectivity index (χ3v) is 3.55. The predicted molar refractivity (Wildman–Crippen MR) is 94.5 cm³/mol. The van der Waals surface area contributed by atoms with Crippen LogP contribution in [0.2, 0.25) is 0 Å². The lowest BCUT2D eigenvalue weighted by Crippen LogP contribution is -2.15. The number of halogens is 1. The summed E-state index contributed by atoms with van der Waals surface area (Å²) in [5, 5.41) is 5.89. The molecule has 0 saturated carbocycles. The minimum absolute atomic E-state index is 0.0202. The van der Waals surface area contributed by atoms with Gasteiger partial charge in [-0.25, -0.2) is 9.37 Å². The number of nitrogens with zero attached hydrogens (tertiary/aromatic N) is 2. The minimum atomic E-state index is -0.384. The number of benzene rings is 1. The second-order valence-corrected chi connectivity index (χ2v) is 5.46. The third-order valence-electron chi connectivity index (χ3n) is 3.55. The van der Waals surface area contributed by atoms with Crippen molar-refractivity contribution in [2.75, 3.05) is 10.6 Å². The van der Waals surface area contributed by atoms with E-state index in [0.29, 0.717) is 23.6 Å². The van der Waals surface area contributed by atoms with Gasteiger partial charge in [-0.15, -0.1) is 0 Å². The second-order valence-electron chi connectivity index (χ2n) is 5.46. The fourth-order valence-corrected chi connectivity index (χ4v) is 2.29. The zero-order valence-corrected chi connectivity index (χ0v) is 13.4. The highest BCUT2D eigenvalue weighted by Gasteiger charge is 2.08. The molecule has 0 saturated heterocycles. The molecular weight excluding hydrogens is 319 g/mol. The molecule has 0 aliphatic carbocycles. The first-order valence-electron chi connectivity index (χ1n) is 7.83. The molecule has 0 unspecified atom stereocenters. The molecule has 126 valence electrons. The van der Waals surface area contributed by atoms with Gasteiger partial charge in [0, 0.05) is 18.9 Å². The predicted octanol–water partition coefficient (Wildman–Crippen LogP) is 3.41. The SMILES string of the molecule is O=C(Cc1ccccc1F)Nc1ccc(NCc2cccnc2)nc1. The molecule has 2 heterocycles. The molecule has 2 N–H and O–H groups in total. The van der Waals surface area contributed by atoms with E-state index >= 15 is 0 Å². The summed E-state index contributed by atoms with van der Waals surface area (Å²) in [4.78, 5) is 20.3. The summed E-state index contributed by atoms with van der Waals surface area (Å²) in [5.41, 5.74) is 1.97. The monoisotopic (exact) mass is 336 g/mol. The molecule has 2 aromatic heterocycles. The third kappa shape index (κ3) is 4.84. The van der Waals surface area contributed by atoms with Gasteiger partial charge in [-0.1, -0.05) is 24.3 Å². The van der Waals surface area contributed by atoms with Crippen molar-refractivity contribution in [1.29, 1.82) is 0 Å². The molecule has 0 atom stereocenters. The number of carbonyl (C=O) groups excluding carboxylic acids is 1. The molecule has 6 heteroatoms. The quantitative estimate of drug-likeness (QED) is 0.724. The number of amides is 1. The van der Waals surface area contributed by atoms with Gasteiger partial charge in [0.2, 0.25) is 5.91 Å². The highest BCUT2D eigenvalue weighted by Crippen LogP contribution is 2.12. The lowest BCUT2D eigenvalue weighted by atomic mass is 10.1. The van der Waals surface area contributed by atoms with Crippen molar-refractivity contribution < 1.29 is 9.18 Å². The number of nitrogens with one attached hydrogen (secondary N) is 2. The number of hydrogen-bond donors (Lipinski definition) is 2. The molecule has 0 spiro atoms. The van der Waals surface area contributed by atoms with Crippen LogP contribution in [0.1, 0.15) is 11.1 Å². The van der Waals surface area contributed by atoms with Crippen LogP contribution in [-0.2, 0) is 17.8 Å². The van der Waals surface area contributed by atoms with Gasteiger partial charge < -0.3 is 10.6 Å². The molecule has 0 radical (unpaired) electrons. The van der Waals surface area contributed by atoms with Crippen LogP contribution in [0.3, 0.4) is 0 Å². The molecule has 1 amide bonds. The number of hydrogen-bond acceptors (Lipinski definition) is 4. The van der Waals surface area contributed by atoms with Crippen LogP contribution in [0.5, 0.6) is 0 Å². The number of aromatic nitrogens is 2. The van der Waals surface area contributed by atoms with E-state index < -0.39 is 0 Å². The fraction of sp³-hybridized carbons (Fsp3) is 0.105. The molecular formula is C19H17FN4O. The van der Waals surface area contributed by atoms with Crippen LogP contribution < -0.4 is 10.6 Å². The first-order chi connectivity index (χ1) is 12.2. The molecule has 0 aliphatic heterocycles. The highest BCUT2D eigenvalue weighted by molar-refractivity contribution is 5.92. The van der Waals surface area contributed by atoms with E-state index in [9.17, 15) is 9.18 Å². The van der Waals surface area contributed by atoms with Crippen molar-refractivity contribution in [3.63, 3.8) is 0 Å². The average Bonchev–Trinajstić information content (AvgIpc) is 2.64. The zero-order valence-electron chi connectivity index (χ0n) is 13.4. The van der Waals surface area contributed by atoms with Gasteiger partial charge in [-0.05, 0) is 35.4 Å². The first-order valence-corrected chi connectivity index (χ1v) is 7.83. The normalized spacial score (nSPS) is 10.3. The Morgan fingerprint density at radius 1 is 1.04 bits per heavy atom. The van der Waals surface area contributed by atoms with E-state index in [2.05, 4.69) is 20.6 Å². The van der Waals surface area contributed by atoms with Crippen molar-refractivity contribution in [3.05, 3.63) is 84.1 Å². The van der Waals surface area contributed by atoms with E-state index in [-0.39, 0.29) is 18.1 Å². The van der Waals surface area contributed by atoms with Crippen LogP contribution in [0.25, 0.3) is 0 Å². The Morgan fingerprint density at radius 2 is 1.92 bits per heavy atom. The molecule has 3 rings (SSSR count). The van der Waals surface area contributed by atoms with Gasteiger partial charge in [0.1, 0.15) is 11.6 Å². The topological polar surface area (TPSA) is 66.9 Å². The van der Waals surface area contributed by atoms with Crippen molar-refractivity contribution in [2.24, 2.45) is 0 Å².